The number of ether oxygens (including phenoxy) is 2. The summed E-state index contributed by atoms with van der Waals surface area (Å²) in [7, 11) is 5.05. The van der Waals surface area contributed by atoms with Crippen LogP contribution in [0.25, 0.3) is 0 Å². The molecule has 0 saturated carbocycles. The van der Waals surface area contributed by atoms with Gasteiger partial charge in [-0.15, -0.1) is 0 Å². The fourth-order valence-corrected chi connectivity index (χ4v) is 2.11. The van der Waals surface area contributed by atoms with Crippen molar-refractivity contribution < 1.29 is 24.0 Å². The van der Waals surface area contributed by atoms with E-state index in [4.69, 9.17) is 9.47 Å². The Bertz CT molecular complexity index is 534. The number of carbonyl (C=O) groups is 2. The van der Waals surface area contributed by atoms with Gasteiger partial charge in [-0.05, 0) is 25.1 Å². The van der Waals surface area contributed by atoms with Gasteiger partial charge in [-0.1, -0.05) is 0 Å². The van der Waals surface area contributed by atoms with Gasteiger partial charge in [0.25, 0.3) is 5.91 Å². The minimum Gasteiger partial charge on any atom is -0.493 e. The van der Waals surface area contributed by atoms with Gasteiger partial charge in [-0.2, -0.15) is 0 Å². The Kier molecular flexibility index (Phi) is 7.90. The van der Waals surface area contributed by atoms with Gasteiger partial charge in [0, 0.05) is 12.6 Å². The second-order valence-electron chi connectivity index (χ2n) is 5.18. The van der Waals surface area contributed by atoms with Crippen LogP contribution in [-0.4, -0.2) is 52.7 Å². The summed E-state index contributed by atoms with van der Waals surface area (Å²) in [6.07, 6.45) is 0. The zero-order valence-electron chi connectivity index (χ0n) is 14.2. The van der Waals surface area contributed by atoms with Crippen molar-refractivity contribution >= 4 is 11.8 Å². The first kappa shape index (κ1) is 18.8. The third kappa shape index (κ3) is 6.56. The van der Waals surface area contributed by atoms with Crippen molar-refractivity contribution in [1.29, 1.82) is 0 Å². The van der Waals surface area contributed by atoms with E-state index in [9.17, 15) is 9.59 Å². The monoisotopic (exact) mass is 324 g/mol. The number of nitrogens with one attached hydrogen (secondary N) is 3. The number of likely N-dealkylation sites (N-methyl/N-ethyl adjacent to an activating group) is 2. The van der Waals surface area contributed by atoms with Crippen LogP contribution in [0.15, 0.2) is 18.2 Å². The highest BCUT2D eigenvalue weighted by Crippen LogP contribution is 2.27. The third-order valence-corrected chi connectivity index (χ3v) is 3.22. The van der Waals surface area contributed by atoms with Gasteiger partial charge < -0.3 is 25.0 Å². The van der Waals surface area contributed by atoms with Crippen LogP contribution in [0.2, 0.25) is 0 Å². The fourth-order valence-electron chi connectivity index (χ4n) is 2.11. The lowest BCUT2D eigenvalue weighted by molar-refractivity contribution is -0.885. The number of amides is 2. The maximum atomic E-state index is 11.8. The molecule has 1 aromatic carbocycles. The molecule has 128 valence electrons. The lowest BCUT2D eigenvalue weighted by Crippen LogP contribution is -3.08. The second kappa shape index (κ2) is 9.68. The minimum absolute atomic E-state index is 0.000506. The van der Waals surface area contributed by atoms with Gasteiger partial charge >= 0.3 is 0 Å². The summed E-state index contributed by atoms with van der Waals surface area (Å²) in [5, 5.41) is 5.04. The molecule has 0 saturated heterocycles. The van der Waals surface area contributed by atoms with Gasteiger partial charge in [0.15, 0.2) is 18.0 Å². The largest absolute Gasteiger partial charge is 0.493 e. The molecular weight excluding hydrogens is 298 g/mol. The van der Waals surface area contributed by atoms with Crippen molar-refractivity contribution in [3.63, 3.8) is 0 Å². The lowest BCUT2D eigenvalue weighted by Gasteiger charge is -2.15. The highest BCUT2D eigenvalue weighted by atomic mass is 16.5. The van der Waals surface area contributed by atoms with Crippen LogP contribution < -0.4 is 25.0 Å². The van der Waals surface area contributed by atoms with Crippen molar-refractivity contribution in [2.75, 3.05) is 40.9 Å². The number of methoxy groups -OCH3 is 1. The maximum Gasteiger partial charge on any atom is 0.275 e. The summed E-state index contributed by atoms with van der Waals surface area (Å²) < 4.78 is 10.8. The molecule has 1 unspecified atom stereocenters. The molecule has 0 spiro atoms. The molecule has 23 heavy (non-hydrogen) atoms. The molecule has 0 bridgehead atoms. The molecule has 1 atom stereocenters. The van der Waals surface area contributed by atoms with E-state index in [1.807, 2.05) is 32.2 Å². The van der Waals surface area contributed by atoms with Gasteiger partial charge in [0.1, 0.15) is 6.54 Å². The maximum absolute atomic E-state index is 11.8. The summed E-state index contributed by atoms with van der Waals surface area (Å²) in [4.78, 5) is 23.9. The first-order chi connectivity index (χ1) is 11.0. The van der Waals surface area contributed by atoms with Crippen LogP contribution in [0.5, 0.6) is 11.5 Å². The van der Waals surface area contributed by atoms with Gasteiger partial charge in [0.2, 0.25) is 5.91 Å². The molecule has 1 rings (SSSR count). The van der Waals surface area contributed by atoms with Gasteiger partial charge in [0.05, 0.1) is 27.3 Å². The topological polar surface area (TPSA) is 81.1 Å². The van der Waals surface area contributed by atoms with E-state index in [1.54, 1.807) is 7.11 Å². The molecule has 0 aromatic heterocycles. The molecule has 0 fully saturated rings. The molecule has 0 aliphatic rings. The number of benzene rings is 1. The number of carbonyl (C=O) groups excluding carboxylic acids is 2. The molecule has 7 nitrogen and oxygen atoms in total. The first-order valence-electron chi connectivity index (χ1n) is 7.58. The predicted molar refractivity (Wildman–Crippen MR) is 86.7 cm³/mol. The van der Waals surface area contributed by atoms with Crippen LogP contribution in [0.1, 0.15) is 12.5 Å². The van der Waals surface area contributed by atoms with Gasteiger partial charge in [-0.25, -0.2) is 0 Å². The Morgan fingerprint density at radius 3 is 2.57 bits per heavy atom. The highest BCUT2D eigenvalue weighted by Gasteiger charge is 2.13. The molecule has 0 aliphatic carbocycles. The summed E-state index contributed by atoms with van der Waals surface area (Å²) in [5.41, 5.74) is 1.04. The van der Waals surface area contributed by atoms with E-state index < -0.39 is 0 Å². The van der Waals surface area contributed by atoms with Crippen LogP contribution in [0.3, 0.4) is 0 Å². The van der Waals surface area contributed by atoms with Crippen molar-refractivity contribution in [2.45, 2.75) is 13.5 Å². The molecule has 0 aliphatic heterocycles. The summed E-state index contributed by atoms with van der Waals surface area (Å²) in [6.45, 7) is 3.44. The fraction of sp³-hybridized carbons (Fsp3) is 0.500. The summed E-state index contributed by atoms with van der Waals surface area (Å²) in [5.74, 6) is 1.01. The zero-order chi connectivity index (χ0) is 17.2. The molecule has 2 amide bonds. The SMILES string of the molecule is CCOc1ccc(C[NH+](C)CC(=O)NCC(=O)NC)cc1OC. The Morgan fingerprint density at radius 2 is 1.96 bits per heavy atom. The Hall–Kier alpha value is -2.28. The lowest BCUT2D eigenvalue weighted by atomic mass is 10.2. The molecule has 0 heterocycles. The highest BCUT2D eigenvalue weighted by molar-refractivity contribution is 5.84. The van der Waals surface area contributed by atoms with Crippen LogP contribution >= 0.6 is 0 Å². The Labute approximate surface area is 136 Å². The average molecular weight is 324 g/mol. The van der Waals surface area contributed by atoms with E-state index >= 15 is 0 Å². The van der Waals surface area contributed by atoms with Crippen molar-refractivity contribution in [3.05, 3.63) is 23.8 Å². The average Bonchev–Trinajstić information content (AvgIpc) is 2.54. The first-order valence-corrected chi connectivity index (χ1v) is 7.58. The molecule has 7 heteroatoms. The van der Waals surface area contributed by atoms with Crippen LogP contribution in [0.4, 0.5) is 0 Å². The minimum atomic E-state index is -0.216. The molecule has 3 N–H and O–H groups in total. The second-order valence-corrected chi connectivity index (χ2v) is 5.18. The van der Waals surface area contributed by atoms with E-state index in [0.29, 0.717) is 24.7 Å². The zero-order valence-corrected chi connectivity index (χ0v) is 14.2. The van der Waals surface area contributed by atoms with E-state index in [1.165, 1.54) is 7.05 Å². The van der Waals surface area contributed by atoms with Crippen LogP contribution in [0, 0.1) is 0 Å². The number of hydrogen-bond donors (Lipinski definition) is 3. The molecular formula is C16H26N3O4+. The standard InChI is InChI=1S/C16H25N3O4/c1-5-23-13-7-6-12(8-14(13)22-4)10-19(3)11-16(21)18-9-15(20)17-2/h6-8H,5,9-11H2,1-4H3,(H,17,20)(H,18,21)/p+1. The van der Waals surface area contributed by atoms with Gasteiger partial charge in [-0.3, -0.25) is 9.59 Å². The summed E-state index contributed by atoms with van der Waals surface area (Å²) >= 11 is 0. The Morgan fingerprint density at radius 1 is 1.22 bits per heavy atom. The predicted octanol–water partition coefficient (Wildman–Crippen LogP) is -1.03. The van der Waals surface area contributed by atoms with Crippen molar-refractivity contribution in [1.82, 2.24) is 10.6 Å². The van der Waals surface area contributed by atoms with E-state index in [-0.39, 0.29) is 24.9 Å². The van der Waals surface area contributed by atoms with Crippen LogP contribution in [-0.2, 0) is 16.1 Å². The van der Waals surface area contributed by atoms with E-state index in [0.717, 1.165) is 10.5 Å². The molecule has 1 aromatic rings. The molecule has 0 radical (unpaired) electrons. The van der Waals surface area contributed by atoms with E-state index in [2.05, 4.69) is 10.6 Å². The van der Waals surface area contributed by atoms with Crippen molar-refractivity contribution in [2.24, 2.45) is 0 Å². The third-order valence-electron chi connectivity index (χ3n) is 3.22. The number of quaternary nitrogens is 1. The summed E-state index contributed by atoms with van der Waals surface area (Å²) in [6, 6.07) is 5.74. The number of hydrogen-bond acceptors (Lipinski definition) is 4. The Balaban J connectivity index is 2.55. The normalized spacial score (nSPS) is 11.5. The quantitative estimate of drug-likeness (QED) is 0.543. The smallest absolute Gasteiger partial charge is 0.275 e. The van der Waals surface area contributed by atoms with Crippen molar-refractivity contribution in [3.8, 4) is 11.5 Å². The number of rotatable bonds is 9.